The highest BCUT2D eigenvalue weighted by Gasteiger charge is 2.31. The second kappa shape index (κ2) is 12.9. The molecule has 0 amide bonds. The van der Waals surface area contributed by atoms with Crippen LogP contribution in [0.1, 0.15) is 46.3 Å². The predicted octanol–water partition coefficient (Wildman–Crippen LogP) is 7.80. The fourth-order valence-corrected chi connectivity index (χ4v) is 5.00. The molecule has 1 unspecified atom stereocenters. The van der Waals surface area contributed by atoms with Crippen LogP contribution in [0, 0.1) is 11.3 Å². The van der Waals surface area contributed by atoms with Crippen LogP contribution in [0.15, 0.2) is 96.4 Å². The quantitative estimate of drug-likeness (QED) is 0.154. The van der Waals surface area contributed by atoms with Crippen LogP contribution in [0.4, 0.5) is 0 Å². The van der Waals surface area contributed by atoms with Crippen molar-refractivity contribution in [1.29, 1.82) is 5.26 Å². The molecule has 0 aliphatic carbocycles. The average molecular weight is 601 g/mol. The Bertz CT molecular complexity index is 1700. The molecule has 9 heteroatoms. The molecule has 0 radical (unpaired) electrons. The maximum Gasteiger partial charge on any atom is 0.347 e. The van der Waals surface area contributed by atoms with Crippen LogP contribution in [0.25, 0.3) is 0 Å². The number of para-hydroxylation sites is 1. The van der Waals surface area contributed by atoms with Crippen molar-refractivity contribution in [3.63, 3.8) is 0 Å². The normalized spacial score (nSPS) is 13.9. The van der Waals surface area contributed by atoms with E-state index >= 15 is 0 Å². The summed E-state index contributed by atoms with van der Waals surface area (Å²) in [4.78, 5) is 13.0. The Hall–Kier alpha value is -4.64. The van der Waals surface area contributed by atoms with Crippen LogP contribution in [0.3, 0.4) is 0 Å². The minimum atomic E-state index is -0.564. The highest BCUT2D eigenvalue weighted by Crippen LogP contribution is 2.44. The number of fused-ring (bicyclic) bond motifs is 1. The number of carbonyl (C=O) groups is 1. The number of rotatable bonds is 9. The minimum Gasteiger partial charge on any atom is -0.493 e. The molecule has 1 atom stereocenters. The van der Waals surface area contributed by atoms with Crippen molar-refractivity contribution in [3.8, 4) is 29.1 Å². The molecule has 4 aromatic carbocycles. The molecular weight excluding hydrogens is 575 g/mol. The summed E-state index contributed by atoms with van der Waals surface area (Å²) in [5, 5.41) is 11.0. The summed E-state index contributed by atoms with van der Waals surface area (Å²) >= 11 is 12.2. The van der Waals surface area contributed by atoms with Gasteiger partial charge in [-0.15, -0.1) is 0 Å². The Balaban J connectivity index is 1.36. The lowest BCUT2D eigenvalue weighted by Gasteiger charge is -2.27. The maximum absolute atomic E-state index is 13.0. The number of hydrogen-bond donors (Lipinski definition) is 1. The van der Waals surface area contributed by atoms with Crippen LogP contribution in [0.5, 0.6) is 23.0 Å². The topological polar surface area (TPSA) is 104 Å². The van der Waals surface area contributed by atoms with Gasteiger partial charge in [0, 0.05) is 27.2 Å². The number of esters is 1. The van der Waals surface area contributed by atoms with Crippen molar-refractivity contribution in [2.75, 3.05) is 6.61 Å². The lowest BCUT2D eigenvalue weighted by Crippen LogP contribution is -2.21. The Morgan fingerprint density at radius 1 is 0.976 bits per heavy atom. The van der Waals surface area contributed by atoms with Gasteiger partial charge in [-0.3, -0.25) is 0 Å². The molecule has 5 rings (SSSR count). The highest BCUT2D eigenvalue weighted by atomic mass is 35.5. The Morgan fingerprint density at radius 2 is 1.74 bits per heavy atom. The van der Waals surface area contributed by atoms with Crippen LogP contribution in [-0.2, 0) is 6.61 Å². The van der Waals surface area contributed by atoms with Crippen LogP contribution >= 0.6 is 23.2 Å². The Morgan fingerprint density at radius 3 is 2.48 bits per heavy atom. The minimum absolute atomic E-state index is 0.0190. The van der Waals surface area contributed by atoms with Gasteiger partial charge >= 0.3 is 5.97 Å². The predicted molar refractivity (Wildman–Crippen MR) is 160 cm³/mol. The van der Waals surface area contributed by atoms with Crippen LogP contribution < -0.4 is 24.7 Å². The zero-order valence-electron chi connectivity index (χ0n) is 22.6. The van der Waals surface area contributed by atoms with Crippen LogP contribution in [0.2, 0.25) is 10.0 Å². The van der Waals surface area contributed by atoms with Gasteiger partial charge in [-0.05, 0) is 54.4 Å². The summed E-state index contributed by atoms with van der Waals surface area (Å²) in [6, 6.07) is 26.7. The van der Waals surface area contributed by atoms with Gasteiger partial charge in [0.15, 0.2) is 0 Å². The second-order valence-corrected chi connectivity index (χ2v) is 10.3. The zero-order valence-corrected chi connectivity index (χ0v) is 24.1. The molecule has 212 valence electrons. The first-order valence-corrected chi connectivity index (χ1v) is 14.0. The molecule has 0 saturated carbocycles. The van der Waals surface area contributed by atoms with E-state index in [1.54, 1.807) is 54.6 Å². The summed E-state index contributed by atoms with van der Waals surface area (Å²) in [5.41, 5.74) is 9.08. The molecule has 4 aromatic rings. The van der Waals surface area contributed by atoms with Gasteiger partial charge < -0.3 is 24.7 Å². The first-order chi connectivity index (χ1) is 20.4. The number of allylic oxidation sites excluding steroid dienone is 1. The average Bonchev–Trinajstić information content (AvgIpc) is 2.99. The van der Waals surface area contributed by atoms with Crippen LogP contribution in [-0.4, -0.2) is 12.6 Å². The lowest BCUT2D eigenvalue weighted by molar-refractivity contribution is 0.0730. The van der Waals surface area contributed by atoms with E-state index in [0.717, 1.165) is 17.5 Å². The molecule has 0 spiro atoms. The molecule has 1 aliphatic heterocycles. The van der Waals surface area contributed by atoms with Crippen molar-refractivity contribution < 1.29 is 23.7 Å². The molecule has 0 fully saturated rings. The highest BCUT2D eigenvalue weighted by molar-refractivity contribution is 6.35. The number of nitrogens with two attached hydrogens (primary N) is 1. The third-order valence-electron chi connectivity index (χ3n) is 6.59. The number of halogens is 2. The van der Waals surface area contributed by atoms with E-state index in [1.807, 2.05) is 37.3 Å². The standard InChI is InChI=1S/C33H26Cl2N2O5/c1-2-15-39-29-6-4-3-5-26(29)33(38)41-24-13-14-25-30(17-24)42-32(37)27(18-36)31(25)20-8-11-23(12-9-20)40-19-21-7-10-22(34)16-28(21)35/h3-14,16-17,31H,2,15,19,37H2,1H3. The smallest absolute Gasteiger partial charge is 0.347 e. The van der Waals surface area contributed by atoms with Gasteiger partial charge in [0.1, 0.15) is 46.8 Å². The van der Waals surface area contributed by atoms with E-state index in [2.05, 4.69) is 6.07 Å². The summed E-state index contributed by atoms with van der Waals surface area (Å²) in [7, 11) is 0. The third kappa shape index (κ3) is 6.31. The number of ether oxygens (including phenoxy) is 4. The van der Waals surface area contributed by atoms with E-state index in [-0.39, 0.29) is 23.8 Å². The first kappa shape index (κ1) is 28.9. The molecular formula is C33H26Cl2N2O5. The number of hydrogen-bond acceptors (Lipinski definition) is 7. The Labute approximate surface area is 253 Å². The second-order valence-electron chi connectivity index (χ2n) is 9.45. The monoisotopic (exact) mass is 600 g/mol. The summed E-state index contributed by atoms with van der Waals surface area (Å²) in [6.07, 6.45) is 0.806. The molecule has 1 aliphatic rings. The van der Waals surface area contributed by atoms with Crippen molar-refractivity contribution in [2.24, 2.45) is 5.73 Å². The molecule has 0 aromatic heterocycles. The van der Waals surface area contributed by atoms with Gasteiger partial charge in [0.05, 0.1) is 12.5 Å². The maximum atomic E-state index is 13.0. The van der Waals surface area contributed by atoms with E-state index < -0.39 is 11.9 Å². The van der Waals surface area contributed by atoms with Crippen molar-refractivity contribution in [3.05, 3.63) is 129 Å². The van der Waals surface area contributed by atoms with Gasteiger partial charge in [-0.2, -0.15) is 5.26 Å². The summed E-state index contributed by atoms with van der Waals surface area (Å²) < 4.78 is 23.1. The molecule has 1 heterocycles. The van der Waals surface area contributed by atoms with Gasteiger partial charge in [0.25, 0.3) is 0 Å². The number of carbonyl (C=O) groups excluding carboxylic acids is 1. The fraction of sp³-hybridized carbons (Fsp3) is 0.152. The van der Waals surface area contributed by atoms with Crippen molar-refractivity contribution >= 4 is 29.2 Å². The Kier molecular flexibility index (Phi) is 8.87. The summed E-state index contributed by atoms with van der Waals surface area (Å²) in [6.45, 7) is 2.73. The zero-order chi connectivity index (χ0) is 29.6. The number of nitrogens with zero attached hydrogens (tertiary/aromatic N) is 1. The van der Waals surface area contributed by atoms with Gasteiger partial charge in [0.2, 0.25) is 5.88 Å². The fourth-order valence-electron chi connectivity index (χ4n) is 4.53. The molecule has 0 saturated heterocycles. The molecule has 2 N–H and O–H groups in total. The van der Waals surface area contributed by atoms with Gasteiger partial charge in [-0.25, -0.2) is 4.79 Å². The summed E-state index contributed by atoms with van der Waals surface area (Å²) in [5.74, 6) is 0.647. The first-order valence-electron chi connectivity index (χ1n) is 13.2. The van der Waals surface area contributed by atoms with E-state index in [1.165, 1.54) is 0 Å². The molecule has 0 bridgehead atoms. The number of benzene rings is 4. The van der Waals surface area contributed by atoms with E-state index in [0.29, 0.717) is 45.0 Å². The molecule has 7 nitrogen and oxygen atoms in total. The van der Waals surface area contributed by atoms with Gasteiger partial charge in [-0.1, -0.05) is 66.5 Å². The lowest BCUT2D eigenvalue weighted by atomic mass is 9.83. The number of nitriles is 1. The third-order valence-corrected chi connectivity index (χ3v) is 7.18. The van der Waals surface area contributed by atoms with Crippen molar-refractivity contribution in [1.82, 2.24) is 0 Å². The molecule has 42 heavy (non-hydrogen) atoms. The SMILES string of the molecule is CCCOc1ccccc1C(=O)Oc1ccc2c(c1)OC(N)=C(C#N)C2c1ccc(OCc2ccc(Cl)cc2Cl)cc1. The largest absolute Gasteiger partial charge is 0.493 e. The van der Waals surface area contributed by atoms with E-state index in [9.17, 15) is 10.1 Å². The van der Waals surface area contributed by atoms with E-state index in [4.69, 9.17) is 47.9 Å². The van der Waals surface area contributed by atoms with Crippen molar-refractivity contribution in [2.45, 2.75) is 25.9 Å².